The molecular weight excluding hydrogens is 932 g/mol. The van der Waals surface area contributed by atoms with Crippen molar-refractivity contribution in [2.75, 3.05) is 0 Å². The Kier molecular flexibility index (Phi) is 8.23. The molecule has 0 fully saturated rings. The maximum absolute atomic E-state index is 10.3. The molecule has 8 heteroatoms. The van der Waals surface area contributed by atoms with Gasteiger partial charge in [-0.1, -0.05) is 111 Å². The van der Waals surface area contributed by atoms with Crippen LogP contribution in [-0.4, -0.2) is 18.5 Å². The van der Waals surface area contributed by atoms with Crippen molar-refractivity contribution in [3.8, 4) is 34.8 Å². The zero-order valence-corrected chi connectivity index (χ0v) is 35.6. The third kappa shape index (κ3) is 5.60. The molecule has 0 aliphatic carbocycles. The second-order valence-corrected chi connectivity index (χ2v) is 16.4. The minimum atomic E-state index is -0.0481. The van der Waals surface area contributed by atoms with E-state index in [4.69, 9.17) is 9.72 Å². The van der Waals surface area contributed by atoms with Crippen molar-refractivity contribution in [1.82, 2.24) is 18.5 Å². The van der Waals surface area contributed by atoms with Gasteiger partial charge < -0.3 is 18.3 Å². The van der Waals surface area contributed by atoms with E-state index in [2.05, 4.69) is 168 Å². The molecule has 0 amide bonds. The summed E-state index contributed by atoms with van der Waals surface area (Å²) in [5.74, 6) is 1.71. The van der Waals surface area contributed by atoms with Gasteiger partial charge in [0.1, 0.15) is 5.82 Å². The van der Waals surface area contributed by atoms with Crippen LogP contribution in [0.4, 0.5) is 0 Å². The number of pyridine rings is 1. The maximum atomic E-state index is 10.3. The van der Waals surface area contributed by atoms with Crippen LogP contribution in [0.2, 0.25) is 0 Å². The first-order valence-electron chi connectivity index (χ1n) is 20.0. The molecular formula is C53H34N6OPt-2. The van der Waals surface area contributed by atoms with Gasteiger partial charge in [0, 0.05) is 65.8 Å². The second-order valence-electron chi connectivity index (χ2n) is 16.4. The fourth-order valence-electron chi connectivity index (χ4n) is 9.06. The summed E-state index contributed by atoms with van der Waals surface area (Å²) < 4.78 is 15.2. The van der Waals surface area contributed by atoms with Crippen LogP contribution in [0.5, 0.6) is 11.5 Å². The van der Waals surface area contributed by atoms with Crippen LogP contribution in [0.1, 0.15) is 31.9 Å². The predicted molar refractivity (Wildman–Crippen MR) is 238 cm³/mol. The van der Waals surface area contributed by atoms with Crippen molar-refractivity contribution in [1.29, 1.82) is 5.26 Å². The van der Waals surface area contributed by atoms with Gasteiger partial charge in [-0.2, -0.15) is 11.3 Å². The average molecular weight is 966 g/mol. The summed E-state index contributed by atoms with van der Waals surface area (Å²) >= 11 is 0. The van der Waals surface area contributed by atoms with Gasteiger partial charge in [0.05, 0.1) is 39.3 Å². The Labute approximate surface area is 365 Å². The van der Waals surface area contributed by atoms with Crippen molar-refractivity contribution >= 4 is 70.9 Å². The van der Waals surface area contributed by atoms with E-state index >= 15 is 0 Å². The van der Waals surface area contributed by atoms with Gasteiger partial charge in [0.2, 0.25) is 0 Å². The Morgan fingerprint density at radius 3 is 1.97 bits per heavy atom. The molecule has 0 aliphatic heterocycles. The molecule has 0 radical (unpaired) electrons. The summed E-state index contributed by atoms with van der Waals surface area (Å²) in [6, 6.07) is 59.5. The normalized spacial score (nSPS) is 12.0. The minimum Gasteiger partial charge on any atom is -0.510 e. The van der Waals surface area contributed by atoms with Gasteiger partial charge in [-0.3, -0.25) is 4.57 Å². The Hall–Kier alpha value is -7.26. The molecule has 0 atom stereocenters. The first-order valence-corrected chi connectivity index (χ1v) is 20.0. The molecule has 5 heterocycles. The van der Waals surface area contributed by atoms with E-state index in [0.29, 0.717) is 22.7 Å². The van der Waals surface area contributed by atoms with Gasteiger partial charge >= 0.3 is 0 Å². The number of rotatable bonds is 5. The number of aromatic nitrogens is 5. The zero-order chi connectivity index (χ0) is 40.3. The molecule has 294 valence electrons. The van der Waals surface area contributed by atoms with Crippen molar-refractivity contribution in [2.24, 2.45) is 0 Å². The topological polar surface area (TPSA) is 64.1 Å². The van der Waals surface area contributed by atoms with Crippen molar-refractivity contribution in [3.05, 3.63) is 181 Å². The first-order chi connectivity index (χ1) is 29.3. The van der Waals surface area contributed by atoms with Crippen molar-refractivity contribution in [3.63, 3.8) is 0 Å². The Bertz CT molecular complexity index is 3680. The molecule has 0 spiro atoms. The number of nitrogens with zero attached hydrogens (tertiary/aromatic N) is 6. The summed E-state index contributed by atoms with van der Waals surface area (Å²) in [4.78, 5) is 4.82. The quantitative estimate of drug-likeness (QED) is 0.128. The smallest absolute Gasteiger partial charge is 0.268 e. The number of hydrogen-bond donors (Lipinski definition) is 0. The van der Waals surface area contributed by atoms with Crippen LogP contribution in [0.15, 0.2) is 152 Å². The average Bonchev–Trinajstić information content (AvgIpc) is 4.02. The summed E-state index contributed by atoms with van der Waals surface area (Å²) in [5.41, 5.74) is 10.5. The van der Waals surface area contributed by atoms with Crippen LogP contribution in [0.25, 0.3) is 88.1 Å². The van der Waals surface area contributed by atoms with Gasteiger partial charge in [-0.05, 0) is 64.5 Å². The molecule has 0 N–H and O–H groups in total. The van der Waals surface area contributed by atoms with Gasteiger partial charge in [0.15, 0.2) is 0 Å². The Morgan fingerprint density at radius 1 is 0.639 bits per heavy atom. The molecule has 7 nitrogen and oxygen atoms in total. The third-order valence-corrected chi connectivity index (χ3v) is 11.8. The number of hydrogen-bond acceptors (Lipinski definition) is 3. The standard InChI is InChI=1S/C53H34N6O.Pt/c1-53(2,3)34-22-23-55-51(26-34)58-45-15-7-4-12-39(45)42-21-20-37(30-50(42)58)60-38-25-33(31-54)24-35(27-38)56-32-57(49-19-11-10-18-48(49)56)36-28-43-40-13-5-8-16-46(40)59-47-17-9-6-14-41(47)44(29-36)52(43)59;/h4-26,28-29H,1-3H3;/q-2;. The maximum Gasteiger partial charge on any atom is 0.268 e. The van der Waals surface area contributed by atoms with Crippen molar-refractivity contribution in [2.45, 2.75) is 26.2 Å². The summed E-state index contributed by atoms with van der Waals surface area (Å²) in [7, 11) is 0. The monoisotopic (exact) mass is 965 g/mol. The first kappa shape index (κ1) is 36.8. The molecule has 0 saturated carbocycles. The van der Waals surface area contributed by atoms with E-state index in [0.717, 1.165) is 44.3 Å². The summed E-state index contributed by atoms with van der Waals surface area (Å²) in [6.45, 7) is 6.62. The van der Waals surface area contributed by atoms with E-state index in [-0.39, 0.29) is 26.5 Å². The Morgan fingerprint density at radius 2 is 1.28 bits per heavy atom. The van der Waals surface area contributed by atoms with Crippen molar-refractivity contribution < 1.29 is 30.4 Å². The van der Waals surface area contributed by atoms with Crippen LogP contribution in [0, 0.1) is 29.8 Å². The zero-order valence-electron chi connectivity index (χ0n) is 33.3. The molecule has 12 rings (SSSR count). The molecule has 0 unspecified atom stereocenters. The fraction of sp³-hybridized carbons (Fsp3) is 0.0755. The second kappa shape index (κ2) is 13.6. The molecule has 0 aliphatic rings. The van der Waals surface area contributed by atoms with E-state index in [9.17, 15) is 5.26 Å². The Balaban J connectivity index is 0.00000420. The molecule has 61 heavy (non-hydrogen) atoms. The van der Waals surface area contributed by atoms with Gasteiger partial charge in [-0.15, -0.1) is 35.7 Å². The van der Waals surface area contributed by atoms with Gasteiger partial charge in [-0.25, -0.2) is 4.98 Å². The molecule has 0 saturated heterocycles. The van der Waals surface area contributed by atoms with E-state index in [1.54, 1.807) is 6.07 Å². The SMILES string of the molecule is CC(C)(C)c1ccnc(-n2c3[c-]c(Oc4[c-]c(-n5[c-][n+](-c6cc7c8ccccc8n8c9ccccc9c(c6)c78)c6ccccc65)cc(C#N)c4)ccc3c3ccccc32)c1.[Pt]. The summed E-state index contributed by atoms with van der Waals surface area (Å²) in [6.07, 6.45) is 5.53. The predicted octanol–water partition coefficient (Wildman–Crippen LogP) is 11.9. The fourth-order valence-corrected chi connectivity index (χ4v) is 9.06. The third-order valence-electron chi connectivity index (χ3n) is 11.8. The van der Waals surface area contributed by atoms with Gasteiger partial charge in [0.25, 0.3) is 6.33 Å². The van der Waals surface area contributed by atoms with Crippen LogP contribution < -0.4 is 9.30 Å². The summed E-state index contributed by atoms with van der Waals surface area (Å²) in [5, 5.41) is 17.2. The molecule has 12 aromatic rings. The molecule has 0 bridgehead atoms. The number of benzene rings is 7. The number of imidazole rings is 1. The number of para-hydroxylation sites is 5. The minimum absolute atomic E-state index is 0. The van der Waals surface area contributed by atoms with Crippen LogP contribution in [-0.2, 0) is 26.5 Å². The number of fused-ring (bicyclic) bond motifs is 10. The van der Waals surface area contributed by atoms with E-state index in [1.165, 1.54) is 43.7 Å². The molecule has 5 aromatic heterocycles. The largest absolute Gasteiger partial charge is 0.510 e. The van der Waals surface area contributed by atoms with Crippen LogP contribution >= 0.6 is 0 Å². The van der Waals surface area contributed by atoms with Crippen LogP contribution in [0.3, 0.4) is 0 Å². The number of nitriles is 1. The van der Waals surface area contributed by atoms with E-state index in [1.807, 2.05) is 41.1 Å². The number of ether oxygens (including phenoxy) is 1. The van der Waals surface area contributed by atoms with E-state index < -0.39 is 0 Å². The molecule has 7 aromatic carbocycles.